The third-order valence-corrected chi connectivity index (χ3v) is 9.03. The zero-order chi connectivity index (χ0) is 40.7. The van der Waals surface area contributed by atoms with E-state index in [2.05, 4.69) is 31.4 Å². The number of amides is 3. The Labute approximate surface area is 322 Å². The van der Waals surface area contributed by atoms with Gasteiger partial charge in [0.1, 0.15) is 18.2 Å². The summed E-state index contributed by atoms with van der Waals surface area (Å²) in [5.74, 6) is -1.35. The number of nitrogens with zero attached hydrogens (tertiary/aromatic N) is 2. The highest BCUT2D eigenvalue weighted by atomic mass is 19.1. The highest BCUT2D eigenvalue weighted by Gasteiger charge is 2.37. The Bertz CT molecular complexity index is 1500. The molecule has 2 aromatic carbocycles. The lowest BCUT2D eigenvalue weighted by atomic mass is 9.82. The Balaban J connectivity index is 0.000000704. The predicted molar refractivity (Wildman–Crippen MR) is 214 cm³/mol. The molecule has 54 heavy (non-hydrogen) atoms. The Hall–Kier alpha value is -4.13. The summed E-state index contributed by atoms with van der Waals surface area (Å²) >= 11 is 0. The van der Waals surface area contributed by atoms with Crippen molar-refractivity contribution in [3.8, 4) is 11.1 Å². The van der Waals surface area contributed by atoms with Crippen LogP contribution in [-0.4, -0.2) is 72.1 Å². The molecule has 1 aliphatic rings. The summed E-state index contributed by atoms with van der Waals surface area (Å²) in [5.41, 5.74) is 12.8. The number of carbonyl (C=O) groups excluding carboxylic acids is 3. The Morgan fingerprint density at radius 3 is 2.15 bits per heavy atom. The molecule has 0 spiro atoms. The van der Waals surface area contributed by atoms with Crippen LogP contribution in [0.15, 0.2) is 60.8 Å². The number of hydrogen-bond acceptors (Lipinski definition) is 6. The summed E-state index contributed by atoms with van der Waals surface area (Å²) in [7, 11) is 1.84. The van der Waals surface area contributed by atoms with Crippen molar-refractivity contribution in [2.45, 2.75) is 105 Å². The van der Waals surface area contributed by atoms with Gasteiger partial charge in [0.2, 0.25) is 18.2 Å². The van der Waals surface area contributed by atoms with Crippen molar-refractivity contribution < 1.29 is 28.3 Å². The van der Waals surface area contributed by atoms with E-state index in [0.717, 1.165) is 36.2 Å². The number of halogens is 2. The number of rotatable bonds is 15. The van der Waals surface area contributed by atoms with Gasteiger partial charge >= 0.3 is 0 Å². The first-order valence-corrected chi connectivity index (χ1v) is 19.1. The largest absolute Gasteiger partial charge is 0.387 e. The standard InChI is InChI=1S/C28H34F2N4O3.C6H12.C4H10N2O.C4H10/c1-28(2,3)26(34(25(36)17-35)12-11-23(31)27(32)37)24-13-19(21-14-20(29)9-10-22(21)30)16-33(24)15-18-7-5-4-6-8-18;1-6-4-2-3-5-6;1-5-2-3-6-4-7;1-3-4-2/h4-10,13-14,16,23,26,35H,11-12,15,17,31H2,1-3H3,(H2,32,37);6H,2-5H2,1H3;4-5H,2-3H2,1H3,(H,6,7);3-4H2,1-2H3. The number of nitrogens with two attached hydrogens (primary N) is 2. The van der Waals surface area contributed by atoms with E-state index >= 15 is 0 Å². The molecule has 3 aromatic rings. The van der Waals surface area contributed by atoms with Crippen LogP contribution in [-0.2, 0) is 20.9 Å². The first-order chi connectivity index (χ1) is 25.6. The zero-order valence-electron chi connectivity index (χ0n) is 33.5. The number of hydrogen-bond donors (Lipinski definition) is 5. The maximum atomic E-state index is 14.8. The second-order valence-electron chi connectivity index (χ2n) is 14.8. The Morgan fingerprint density at radius 2 is 1.67 bits per heavy atom. The van der Waals surface area contributed by atoms with Gasteiger partial charge in [-0.2, -0.15) is 0 Å². The molecule has 1 saturated carbocycles. The average Bonchev–Trinajstić information content (AvgIpc) is 3.80. The quantitative estimate of drug-likeness (QED) is 0.0876. The molecule has 4 rings (SSSR count). The molecule has 2 unspecified atom stereocenters. The van der Waals surface area contributed by atoms with E-state index in [1.807, 2.05) is 62.7 Å². The van der Waals surface area contributed by atoms with Crippen LogP contribution < -0.4 is 22.1 Å². The van der Waals surface area contributed by atoms with E-state index < -0.39 is 47.6 Å². The SMILES string of the molecule is CC(C)(C)C(c1cc(-c2cc(F)ccc2F)cn1Cc1ccccc1)N(CCC(N)C(N)=O)C(=O)CO.CC1CCCC1.CCCC.CNCCNC=O. The summed E-state index contributed by atoms with van der Waals surface area (Å²) in [5, 5.41) is 15.2. The lowest BCUT2D eigenvalue weighted by Crippen LogP contribution is -2.46. The van der Waals surface area contributed by atoms with Gasteiger partial charge < -0.3 is 36.7 Å². The van der Waals surface area contributed by atoms with E-state index in [-0.39, 0.29) is 18.5 Å². The van der Waals surface area contributed by atoms with Crippen molar-refractivity contribution in [3.63, 3.8) is 0 Å². The van der Waals surface area contributed by atoms with Crippen molar-refractivity contribution in [2.75, 3.05) is 33.3 Å². The highest BCUT2D eigenvalue weighted by Crippen LogP contribution is 2.41. The van der Waals surface area contributed by atoms with Gasteiger partial charge in [-0.25, -0.2) is 8.78 Å². The van der Waals surface area contributed by atoms with E-state index in [9.17, 15) is 28.3 Å². The molecule has 1 aliphatic carbocycles. The first kappa shape index (κ1) is 47.9. The molecular weight excluding hydrogens is 690 g/mol. The molecule has 0 aliphatic heterocycles. The maximum Gasteiger partial charge on any atom is 0.248 e. The molecule has 0 radical (unpaired) electrons. The second-order valence-corrected chi connectivity index (χ2v) is 14.8. The van der Waals surface area contributed by atoms with Crippen molar-refractivity contribution in [1.29, 1.82) is 0 Å². The molecule has 1 aromatic heterocycles. The van der Waals surface area contributed by atoms with Crippen LogP contribution in [0.25, 0.3) is 11.1 Å². The van der Waals surface area contributed by atoms with Crippen molar-refractivity contribution >= 4 is 18.2 Å². The van der Waals surface area contributed by atoms with Crippen LogP contribution in [0.4, 0.5) is 8.78 Å². The molecule has 12 heteroatoms. The topological polar surface area (TPSA) is 156 Å². The summed E-state index contributed by atoms with van der Waals surface area (Å²) in [6, 6.07) is 13.0. The number of aliphatic hydroxyl groups is 1. The van der Waals surface area contributed by atoms with Crippen molar-refractivity contribution in [2.24, 2.45) is 22.8 Å². The molecular formula is C42H66F2N6O4. The number of unbranched alkanes of at least 4 members (excludes halogenated alkanes) is 1. The zero-order valence-corrected chi connectivity index (χ0v) is 33.5. The van der Waals surface area contributed by atoms with Crippen LogP contribution in [0.1, 0.15) is 104 Å². The van der Waals surface area contributed by atoms with Gasteiger partial charge in [0.15, 0.2) is 0 Å². The lowest BCUT2D eigenvalue weighted by molar-refractivity contribution is -0.140. The number of likely N-dealkylation sites (N-methyl/N-ethyl adjacent to an activating group) is 1. The van der Waals surface area contributed by atoms with Gasteiger partial charge in [0.25, 0.3) is 0 Å². The summed E-state index contributed by atoms with van der Waals surface area (Å²) < 4.78 is 30.7. The molecule has 302 valence electrons. The normalized spacial score (nSPS) is 13.5. The van der Waals surface area contributed by atoms with Gasteiger partial charge in [-0.3, -0.25) is 14.4 Å². The molecule has 1 heterocycles. The minimum absolute atomic E-state index is 0.0611. The van der Waals surface area contributed by atoms with Crippen LogP contribution >= 0.6 is 0 Å². The van der Waals surface area contributed by atoms with Crippen LogP contribution in [0.2, 0.25) is 0 Å². The van der Waals surface area contributed by atoms with E-state index in [4.69, 9.17) is 11.5 Å². The number of aromatic nitrogens is 1. The Morgan fingerprint density at radius 1 is 1.04 bits per heavy atom. The van der Waals surface area contributed by atoms with Gasteiger partial charge in [-0.1, -0.05) is 110 Å². The fourth-order valence-electron chi connectivity index (χ4n) is 5.91. The number of primary amides is 1. The fourth-order valence-corrected chi connectivity index (χ4v) is 5.91. The minimum atomic E-state index is -0.970. The van der Waals surface area contributed by atoms with Gasteiger partial charge in [-0.15, -0.1) is 0 Å². The Kier molecular flexibility index (Phi) is 22.9. The van der Waals surface area contributed by atoms with Crippen LogP contribution in [0, 0.1) is 23.0 Å². The predicted octanol–water partition coefficient (Wildman–Crippen LogP) is 6.55. The molecule has 10 nitrogen and oxygen atoms in total. The fraction of sp³-hybridized carbons (Fsp3) is 0.548. The van der Waals surface area contributed by atoms with Crippen LogP contribution in [0.3, 0.4) is 0 Å². The van der Waals surface area contributed by atoms with Gasteiger partial charge in [-0.05, 0) is 54.6 Å². The molecule has 0 saturated heterocycles. The molecule has 1 fully saturated rings. The van der Waals surface area contributed by atoms with Crippen molar-refractivity contribution in [3.05, 3.63) is 83.7 Å². The number of carbonyl (C=O) groups is 3. The number of aliphatic hydroxyl groups excluding tert-OH is 1. The second kappa shape index (κ2) is 25.8. The first-order valence-electron chi connectivity index (χ1n) is 19.1. The maximum absolute atomic E-state index is 14.8. The van der Waals surface area contributed by atoms with Crippen molar-refractivity contribution in [1.82, 2.24) is 20.1 Å². The molecule has 2 atom stereocenters. The number of nitrogens with one attached hydrogen (secondary N) is 2. The monoisotopic (exact) mass is 757 g/mol. The molecule has 0 bridgehead atoms. The van der Waals surface area contributed by atoms with Gasteiger partial charge in [0, 0.05) is 49.2 Å². The summed E-state index contributed by atoms with van der Waals surface area (Å²) in [6.07, 6.45) is 11.1. The van der Waals surface area contributed by atoms with Gasteiger partial charge in [0.05, 0.1) is 12.1 Å². The van der Waals surface area contributed by atoms with E-state index in [0.29, 0.717) is 30.8 Å². The third kappa shape index (κ3) is 17.3. The van der Waals surface area contributed by atoms with Crippen LogP contribution in [0.5, 0.6) is 0 Å². The average molecular weight is 757 g/mol. The third-order valence-electron chi connectivity index (χ3n) is 9.03. The van der Waals surface area contributed by atoms with E-state index in [1.165, 1.54) is 43.4 Å². The smallest absolute Gasteiger partial charge is 0.248 e. The minimum Gasteiger partial charge on any atom is -0.387 e. The molecule has 7 N–H and O–H groups in total. The summed E-state index contributed by atoms with van der Waals surface area (Å²) in [4.78, 5) is 35.6. The number of benzene rings is 2. The van der Waals surface area contributed by atoms with E-state index in [1.54, 1.807) is 12.3 Å². The molecule has 3 amide bonds. The highest BCUT2D eigenvalue weighted by molar-refractivity contribution is 5.80. The summed E-state index contributed by atoms with van der Waals surface area (Å²) in [6.45, 7) is 13.8. The lowest BCUT2D eigenvalue weighted by Gasteiger charge is -2.41.